The molecule has 43 heavy (non-hydrogen) atoms. The lowest BCUT2D eigenvalue weighted by Crippen LogP contribution is -2.47. The summed E-state index contributed by atoms with van der Waals surface area (Å²) in [7, 11) is 2.05. The van der Waals surface area contributed by atoms with Gasteiger partial charge >= 0.3 is 0 Å². The molecule has 2 aromatic heterocycles. The minimum Gasteiger partial charge on any atom is -0.457 e. The number of nitrogen functional groups attached to an aromatic ring is 1. The second-order valence-electron chi connectivity index (χ2n) is 10.4. The molecule has 5 aromatic rings. The summed E-state index contributed by atoms with van der Waals surface area (Å²) < 4.78 is 7.39. The Bertz CT molecular complexity index is 1920. The predicted octanol–water partition coefficient (Wildman–Crippen LogP) is 5.37. The number of nitrogens with zero attached hydrogens (tertiary/aromatic N) is 4. The van der Waals surface area contributed by atoms with Crippen LogP contribution in [-0.4, -0.2) is 69.5 Å². The first-order valence-electron chi connectivity index (χ1n) is 13.8. The van der Waals surface area contributed by atoms with Gasteiger partial charge in [0.05, 0.1) is 28.2 Å². The van der Waals surface area contributed by atoms with Crippen molar-refractivity contribution in [2.45, 2.75) is 6.92 Å². The number of H-pyrrole nitrogens is 1. The Morgan fingerprint density at radius 1 is 1.00 bits per heavy atom. The van der Waals surface area contributed by atoms with Crippen molar-refractivity contribution < 1.29 is 14.3 Å². The lowest BCUT2D eigenvalue weighted by atomic mass is 10.1. The second kappa shape index (κ2) is 11.7. The number of likely N-dealkylation sites (N-methyl/N-ethyl adjacent to an activating group) is 1. The van der Waals surface area contributed by atoms with Crippen molar-refractivity contribution in [2.24, 2.45) is 0 Å². The van der Waals surface area contributed by atoms with E-state index in [1.165, 1.54) is 10.9 Å². The van der Waals surface area contributed by atoms with E-state index in [9.17, 15) is 9.59 Å². The molecule has 0 spiro atoms. The van der Waals surface area contributed by atoms with E-state index in [0.29, 0.717) is 46.6 Å². The molecule has 6 rings (SSSR count). The Labute approximate surface area is 253 Å². The number of aromatic amines is 1. The topological polar surface area (TPSA) is 109 Å². The third-order valence-corrected chi connectivity index (χ3v) is 7.74. The second-order valence-corrected chi connectivity index (χ2v) is 10.8. The monoisotopic (exact) mass is 592 g/mol. The summed E-state index contributed by atoms with van der Waals surface area (Å²) >= 11 is 6.60. The van der Waals surface area contributed by atoms with Gasteiger partial charge in [-0.3, -0.25) is 9.59 Å². The van der Waals surface area contributed by atoms with Gasteiger partial charge in [0, 0.05) is 54.3 Å². The number of carbonyl (C=O) groups is 2. The number of ketones is 1. The Morgan fingerprint density at radius 2 is 1.79 bits per heavy atom. The molecule has 3 aromatic carbocycles. The number of rotatable bonds is 6. The molecular weight excluding hydrogens is 564 g/mol. The average molecular weight is 593 g/mol. The maximum Gasteiger partial charge on any atom is 0.253 e. The normalized spacial score (nSPS) is 13.5. The van der Waals surface area contributed by atoms with Crippen LogP contribution in [-0.2, 0) is 0 Å². The van der Waals surface area contributed by atoms with Crippen molar-refractivity contribution in [1.29, 1.82) is 0 Å². The summed E-state index contributed by atoms with van der Waals surface area (Å²) in [6.45, 7) is 4.85. The molecule has 3 N–H and O–H groups in total. The van der Waals surface area contributed by atoms with Gasteiger partial charge in [-0.05, 0) is 68.6 Å². The van der Waals surface area contributed by atoms with E-state index in [4.69, 9.17) is 22.1 Å². The smallest absolute Gasteiger partial charge is 0.253 e. The number of carbonyl (C=O) groups excluding carboxylic acids is 2. The molecule has 0 bridgehead atoms. The van der Waals surface area contributed by atoms with Crippen molar-refractivity contribution in [3.8, 4) is 29.0 Å². The van der Waals surface area contributed by atoms with Crippen LogP contribution in [0.5, 0.6) is 11.5 Å². The fourth-order valence-electron chi connectivity index (χ4n) is 5.09. The highest BCUT2D eigenvalue weighted by atomic mass is 35.5. The van der Waals surface area contributed by atoms with Gasteiger partial charge in [-0.25, -0.2) is 4.68 Å². The van der Waals surface area contributed by atoms with Crippen LogP contribution >= 0.6 is 11.6 Å². The molecule has 3 heterocycles. The third kappa shape index (κ3) is 5.71. The maximum absolute atomic E-state index is 13.5. The van der Waals surface area contributed by atoms with Crippen LogP contribution in [0, 0.1) is 11.8 Å². The standard InChI is InChI=1S/C33H29ClN6O3/c1-3-5-21-6-4-7-24(16-21)43-25-9-11-30(27(34)19-25)40-32(35)26(20-36-40)31(41)29-18-23-17-22(8-10-28(23)37-29)33(42)39-14-12-38(2)13-15-39/h4,6-11,16-20,37H,12-15,35H2,1-2H3. The zero-order valence-electron chi connectivity index (χ0n) is 23.7. The number of fused-ring (bicyclic) bond motifs is 1. The fraction of sp³-hybridized carbons (Fsp3) is 0.182. The van der Waals surface area contributed by atoms with Crippen molar-refractivity contribution in [3.05, 3.63) is 100 Å². The molecule has 10 heteroatoms. The molecule has 0 radical (unpaired) electrons. The van der Waals surface area contributed by atoms with Crippen molar-refractivity contribution >= 4 is 40.0 Å². The number of amides is 1. The lowest BCUT2D eigenvalue weighted by molar-refractivity contribution is 0.0664. The number of hydrogen-bond donors (Lipinski definition) is 2. The number of ether oxygens (including phenoxy) is 1. The van der Waals surface area contributed by atoms with E-state index in [1.54, 1.807) is 37.3 Å². The summed E-state index contributed by atoms with van der Waals surface area (Å²) in [5, 5.41) is 5.46. The average Bonchev–Trinajstić information content (AvgIpc) is 3.60. The first-order chi connectivity index (χ1) is 20.8. The van der Waals surface area contributed by atoms with Gasteiger partial charge in [0.25, 0.3) is 5.91 Å². The minimum absolute atomic E-state index is 0.0118. The first-order valence-corrected chi connectivity index (χ1v) is 14.2. The summed E-state index contributed by atoms with van der Waals surface area (Å²) in [5.74, 6) is 6.85. The number of nitrogens with one attached hydrogen (secondary N) is 1. The molecule has 0 unspecified atom stereocenters. The summed E-state index contributed by atoms with van der Waals surface area (Å²) in [5.41, 5.74) is 9.66. The number of piperazine rings is 1. The van der Waals surface area contributed by atoms with Crippen molar-refractivity contribution in [1.82, 2.24) is 24.6 Å². The van der Waals surface area contributed by atoms with E-state index >= 15 is 0 Å². The van der Waals surface area contributed by atoms with E-state index in [-0.39, 0.29) is 23.1 Å². The molecule has 1 amide bonds. The van der Waals surface area contributed by atoms with Crippen LogP contribution in [0.2, 0.25) is 5.02 Å². The maximum atomic E-state index is 13.5. The summed E-state index contributed by atoms with van der Waals surface area (Å²) in [4.78, 5) is 33.8. The van der Waals surface area contributed by atoms with Crippen molar-refractivity contribution in [2.75, 3.05) is 39.0 Å². The highest BCUT2D eigenvalue weighted by Gasteiger charge is 2.23. The molecule has 9 nitrogen and oxygen atoms in total. The van der Waals surface area contributed by atoms with E-state index in [2.05, 4.69) is 26.8 Å². The molecule has 0 atom stereocenters. The van der Waals surface area contributed by atoms with Gasteiger partial charge in [0.15, 0.2) is 0 Å². The van der Waals surface area contributed by atoms with Crippen LogP contribution in [0.15, 0.2) is 72.9 Å². The number of nitrogens with two attached hydrogens (primary N) is 1. The Hall–Kier alpha value is -5.04. The lowest BCUT2D eigenvalue weighted by Gasteiger charge is -2.32. The van der Waals surface area contributed by atoms with Crippen LogP contribution in [0.1, 0.15) is 38.9 Å². The minimum atomic E-state index is -0.321. The quantitative estimate of drug-likeness (QED) is 0.203. The van der Waals surface area contributed by atoms with Gasteiger partial charge in [-0.15, -0.1) is 5.92 Å². The summed E-state index contributed by atoms with van der Waals surface area (Å²) in [6.07, 6.45) is 1.42. The zero-order valence-corrected chi connectivity index (χ0v) is 24.5. The molecule has 1 aliphatic rings. The molecule has 0 aliphatic carbocycles. The van der Waals surface area contributed by atoms with Crippen LogP contribution < -0.4 is 10.5 Å². The van der Waals surface area contributed by atoms with E-state index < -0.39 is 0 Å². The van der Waals surface area contributed by atoms with Crippen LogP contribution in [0.3, 0.4) is 0 Å². The Morgan fingerprint density at radius 3 is 2.56 bits per heavy atom. The molecule has 216 valence electrons. The van der Waals surface area contributed by atoms with Crippen molar-refractivity contribution in [3.63, 3.8) is 0 Å². The number of hydrogen-bond acceptors (Lipinski definition) is 6. The zero-order chi connectivity index (χ0) is 30.1. The highest BCUT2D eigenvalue weighted by Crippen LogP contribution is 2.31. The molecule has 1 saturated heterocycles. The predicted molar refractivity (Wildman–Crippen MR) is 167 cm³/mol. The number of halogens is 1. The molecule has 1 fully saturated rings. The van der Waals surface area contributed by atoms with Gasteiger partial charge in [-0.1, -0.05) is 23.6 Å². The van der Waals surface area contributed by atoms with Crippen LogP contribution in [0.4, 0.5) is 5.82 Å². The van der Waals surface area contributed by atoms with Gasteiger partial charge < -0.3 is 25.3 Å². The Balaban J connectivity index is 1.21. The van der Waals surface area contributed by atoms with Crippen LogP contribution in [0.25, 0.3) is 16.6 Å². The largest absolute Gasteiger partial charge is 0.457 e. The third-order valence-electron chi connectivity index (χ3n) is 7.44. The fourth-order valence-corrected chi connectivity index (χ4v) is 5.34. The molecule has 1 aliphatic heterocycles. The van der Waals surface area contributed by atoms with E-state index in [0.717, 1.165) is 29.6 Å². The number of aromatic nitrogens is 3. The summed E-state index contributed by atoms with van der Waals surface area (Å²) in [6, 6.07) is 19.7. The van der Waals surface area contributed by atoms with Gasteiger partial charge in [-0.2, -0.15) is 5.10 Å². The number of anilines is 1. The SMILES string of the molecule is CC#Cc1cccc(Oc2ccc(-n3ncc(C(=O)c4cc5cc(C(=O)N6CCN(C)CC6)ccc5[nH]4)c3N)c(Cl)c2)c1. The van der Waals surface area contributed by atoms with Gasteiger partial charge in [0.1, 0.15) is 17.3 Å². The first kappa shape index (κ1) is 28.1. The Kier molecular flexibility index (Phi) is 7.63. The van der Waals surface area contributed by atoms with E-state index in [1.807, 2.05) is 48.3 Å². The number of benzene rings is 3. The highest BCUT2D eigenvalue weighted by molar-refractivity contribution is 6.32. The molecule has 0 saturated carbocycles. The van der Waals surface area contributed by atoms with Gasteiger partial charge in [0.2, 0.25) is 5.78 Å². The molecular formula is C33H29ClN6O3.